The van der Waals surface area contributed by atoms with Crippen LogP contribution in [-0.2, 0) is 20.0 Å². The van der Waals surface area contributed by atoms with E-state index in [2.05, 4.69) is 10.1 Å². The van der Waals surface area contributed by atoms with Crippen LogP contribution in [0.15, 0.2) is 29.2 Å². The van der Waals surface area contributed by atoms with E-state index in [9.17, 15) is 9.59 Å². The van der Waals surface area contributed by atoms with Crippen molar-refractivity contribution in [1.29, 1.82) is 0 Å². The SMILES string of the molecule is Cc1cc(C)c(CN2CCc3ccc(-c4c(C)cnn4C)c(Cl)c3C2=O)c(=O)[nH]1. The van der Waals surface area contributed by atoms with Crippen LogP contribution in [-0.4, -0.2) is 32.1 Å². The van der Waals surface area contributed by atoms with Crippen molar-refractivity contribution in [1.82, 2.24) is 19.7 Å². The maximum absolute atomic E-state index is 13.3. The normalized spacial score (nSPS) is 13.7. The van der Waals surface area contributed by atoms with Gasteiger partial charge in [0, 0.05) is 30.4 Å². The second-order valence-electron chi connectivity index (χ2n) is 7.68. The Hall–Kier alpha value is -2.86. The van der Waals surface area contributed by atoms with E-state index in [0.717, 1.165) is 33.6 Å². The lowest BCUT2D eigenvalue weighted by Crippen LogP contribution is -2.39. The lowest BCUT2D eigenvalue weighted by Gasteiger charge is -2.30. The number of carbonyl (C=O) groups excluding carboxylic acids is 1. The van der Waals surface area contributed by atoms with Crippen molar-refractivity contribution < 1.29 is 4.79 Å². The van der Waals surface area contributed by atoms with E-state index in [4.69, 9.17) is 11.6 Å². The summed E-state index contributed by atoms with van der Waals surface area (Å²) in [5, 5.41) is 4.73. The summed E-state index contributed by atoms with van der Waals surface area (Å²) in [7, 11) is 1.86. The van der Waals surface area contributed by atoms with Crippen molar-refractivity contribution >= 4 is 17.5 Å². The third-order valence-electron chi connectivity index (χ3n) is 5.60. The number of hydrogen-bond acceptors (Lipinski definition) is 3. The van der Waals surface area contributed by atoms with E-state index in [1.807, 2.05) is 46.0 Å². The highest BCUT2D eigenvalue weighted by atomic mass is 35.5. The lowest BCUT2D eigenvalue weighted by molar-refractivity contribution is 0.0726. The molecule has 0 fully saturated rings. The van der Waals surface area contributed by atoms with E-state index in [-0.39, 0.29) is 18.0 Å². The quantitative estimate of drug-likeness (QED) is 0.717. The molecule has 1 amide bonds. The average Bonchev–Trinajstić information content (AvgIpc) is 2.98. The van der Waals surface area contributed by atoms with Gasteiger partial charge in [-0.25, -0.2) is 0 Å². The number of hydrogen-bond donors (Lipinski definition) is 1. The summed E-state index contributed by atoms with van der Waals surface area (Å²) in [6.07, 6.45) is 2.49. The molecule has 1 N–H and O–H groups in total. The lowest BCUT2D eigenvalue weighted by atomic mass is 9.94. The minimum absolute atomic E-state index is 0.141. The summed E-state index contributed by atoms with van der Waals surface area (Å²) in [4.78, 5) is 30.3. The van der Waals surface area contributed by atoms with Gasteiger partial charge in [0.15, 0.2) is 0 Å². The van der Waals surface area contributed by atoms with Crippen LogP contribution in [0.3, 0.4) is 0 Å². The number of halogens is 1. The number of H-pyrrole nitrogens is 1. The highest BCUT2D eigenvalue weighted by Crippen LogP contribution is 2.36. The minimum Gasteiger partial charge on any atom is -0.334 e. The van der Waals surface area contributed by atoms with Crippen LogP contribution in [0.2, 0.25) is 5.02 Å². The number of aryl methyl sites for hydroxylation is 4. The summed E-state index contributed by atoms with van der Waals surface area (Å²) in [6.45, 7) is 6.54. The molecule has 0 spiro atoms. The topological polar surface area (TPSA) is 71.0 Å². The largest absolute Gasteiger partial charge is 0.334 e. The Morgan fingerprint density at radius 3 is 2.59 bits per heavy atom. The molecule has 1 aliphatic heterocycles. The summed E-state index contributed by atoms with van der Waals surface area (Å²) in [5.74, 6) is -0.141. The standard InChI is InChI=1S/C22H23ClN4O2/c1-12-9-14(3)25-21(28)17(12)11-27-8-7-15-5-6-16(19(23)18(15)22(27)29)20-13(2)10-24-26(20)4/h5-6,9-10H,7-8,11H2,1-4H3,(H,25,28). The number of aromatic amines is 1. The molecule has 0 aliphatic carbocycles. The van der Waals surface area contributed by atoms with Gasteiger partial charge in [-0.3, -0.25) is 14.3 Å². The molecule has 1 aromatic carbocycles. The molecule has 0 atom stereocenters. The fourth-order valence-electron chi connectivity index (χ4n) is 4.11. The first-order valence-corrected chi connectivity index (χ1v) is 9.94. The molecule has 150 valence electrons. The molecule has 7 heteroatoms. The molecular formula is C22H23ClN4O2. The van der Waals surface area contributed by atoms with E-state index < -0.39 is 0 Å². The van der Waals surface area contributed by atoms with E-state index in [0.29, 0.717) is 29.1 Å². The average molecular weight is 411 g/mol. The van der Waals surface area contributed by atoms with E-state index in [1.54, 1.807) is 15.8 Å². The van der Waals surface area contributed by atoms with Gasteiger partial charge in [0.2, 0.25) is 0 Å². The molecule has 0 saturated heterocycles. The molecule has 6 nitrogen and oxygen atoms in total. The van der Waals surface area contributed by atoms with Gasteiger partial charge in [0.1, 0.15) is 0 Å². The van der Waals surface area contributed by atoms with Gasteiger partial charge in [-0.1, -0.05) is 23.7 Å². The van der Waals surface area contributed by atoms with Gasteiger partial charge >= 0.3 is 0 Å². The van der Waals surface area contributed by atoms with Crippen LogP contribution in [0.25, 0.3) is 11.3 Å². The predicted molar refractivity (Wildman–Crippen MR) is 113 cm³/mol. The molecule has 3 heterocycles. The first kappa shape index (κ1) is 19.5. The summed E-state index contributed by atoms with van der Waals surface area (Å²) in [5.41, 5.74) is 6.31. The van der Waals surface area contributed by atoms with Crippen molar-refractivity contribution in [2.45, 2.75) is 33.7 Å². The molecule has 0 bridgehead atoms. The highest BCUT2D eigenvalue weighted by Gasteiger charge is 2.29. The third kappa shape index (κ3) is 3.27. The number of fused-ring (bicyclic) bond motifs is 1. The van der Waals surface area contributed by atoms with Gasteiger partial charge < -0.3 is 9.88 Å². The summed E-state index contributed by atoms with van der Waals surface area (Å²) >= 11 is 6.75. The van der Waals surface area contributed by atoms with Gasteiger partial charge in [-0.2, -0.15) is 5.10 Å². The van der Waals surface area contributed by atoms with Crippen LogP contribution in [0, 0.1) is 20.8 Å². The number of nitrogens with one attached hydrogen (secondary N) is 1. The zero-order valence-corrected chi connectivity index (χ0v) is 17.7. The van der Waals surface area contributed by atoms with Crippen LogP contribution >= 0.6 is 11.6 Å². The monoisotopic (exact) mass is 410 g/mol. The number of aromatic nitrogens is 3. The zero-order chi connectivity index (χ0) is 20.9. The first-order valence-electron chi connectivity index (χ1n) is 9.57. The zero-order valence-electron chi connectivity index (χ0n) is 17.0. The van der Waals surface area contributed by atoms with Crippen molar-refractivity contribution in [3.05, 3.63) is 73.3 Å². The summed E-state index contributed by atoms with van der Waals surface area (Å²) < 4.78 is 1.77. The fraction of sp³-hybridized carbons (Fsp3) is 0.318. The Morgan fingerprint density at radius 1 is 1.17 bits per heavy atom. The molecular weight excluding hydrogens is 388 g/mol. The second kappa shape index (κ2) is 7.19. The van der Waals surface area contributed by atoms with Crippen LogP contribution in [0.1, 0.15) is 38.3 Å². The number of nitrogens with zero attached hydrogens (tertiary/aromatic N) is 3. The second-order valence-corrected chi connectivity index (χ2v) is 8.06. The maximum Gasteiger partial charge on any atom is 0.255 e. The molecule has 3 aromatic rings. The third-order valence-corrected chi connectivity index (χ3v) is 5.99. The van der Waals surface area contributed by atoms with Crippen LogP contribution in [0.4, 0.5) is 0 Å². The van der Waals surface area contributed by atoms with Gasteiger partial charge in [0.25, 0.3) is 11.5 Å². The van der Waals surface area contributed by atoms with Gasteiger partial charge in [0.05, 0.1) is 29.0 Å². The number of amides is 1. The Morgan fingerprint density at radius 2 is 1.93 bits per heavy atom. The molecule has 0 saturated carbocycles. The molecule has 2 aromatic heterocycles. The molecule has 1 aliphatic rings. The fourth-order valence-corrected chi connectivity index (χ4v) is 4.46. The van der Waals surface area contributed by atoms with Crippen LogP contribution < -0.4 is 5.56 Å². The van der Waals surface area contributed by atoms with Crippen LogP contribution in [0.5, 0.6) is 0 Å². The van der Waals surface area contributed by atoms with Gasteiger partial charge in [-0.05, 0) is 49.9 Å². The van der Waals surface area contributed by atoms with E-state index in [1.165, 1.54) is 0 Å². The summed E-state index contributed by atoms with van der Waals surface area (Å²) in [6, 6.07) is 5.86. The molecule has 29 heavy (non-hydrogen) atoms. The highest BCUT2D eigenvalue weighted by molar-refractivity contribution is 6.36. The number of carbonyl (C=O) groups is 1. The Bertz CT molecular complexity index is 1170. The minimum atomic E-state index is -0.147. The van der Waals surface area contributed by atoms with E-state index >= 15 is 0 Å². The molecule has 0 radical (unpaired) electrons. The van der Waals surface area contributed by atoms with Crippen molar-refractivity contribution in [3.63, 3.8) is 0 Å². The Kier molecular flexibility index (Phi) is 4.82. The smallest absolute Gasteiger partial charge is 0.255 e. The number of rotatable bonds is 3. The predicted octanol–water partition coefficient (Wildman–Crippen LogP) is 3.55. The first-order chi connectivity index (χ1) is 13.8. The maximum atomic E-state index is 13.3. The van der Waals surface area contributed by atoms with Gasteiger partial charge in [-0.15, -0.1) is 0 Å². The van der Waals surface area contributed by atoms with Crippen molar-refractivity contribution in [3.8, 4) is 11.3 Å². The Labute approximate surface area is 174 Å². The van der Waals surface area contributed by atoms with Crippen molar-refractivity contribution in [2.75, 3.05) is 6.54 Å². The Balaban J connectivity index is 1.74. The number of benzene rings is 1. The number of pyridine rings is 1. The van der Waals surface area contributed by atoms with Crippen molar-refractivity contribution in [2.24, 2.45) is 7.05 Å². The molecule has 4 rings (SSSR count). The molecule has 0 unspecified atom stereocenters.